The average Bonchev–Trinajstić information content (AvgIpc) is 2.72. The van der Waals surface area contributed by atoms with Crippen molar-refractivity contribution in [1.82, 2.24) is 4.90 Å². The van der Waals surface area contributed by atoms with E-state index in [0.29, 0.717) is 38.3 Å². The molecule has 29 heavy (non-hydrogen) atoms. The van der Waals surface area contributed by atoms with Crippen LogP contribution in [0.25, 0.3) is 6.08 Å². The van der Waals surface area contributed by atoms with Crippen LogP contribution in [0.3, 0.4) is 0 Å². The molecule has 0 radical (unpaired) electrons. The molecule has 1 aliphatic rings. The van der Waals surface area contributed by atoms with Gasteiger partial charge in [-0.15, -0.1) is 0 Å². The number of benzene rings is 2. The highest BCUT2D eigenvalue weighted by atomic mass is 19.4. The first-order valence-electron chi connectivity index (χ1n) is 9.49. The van der Waals surface area contributed by atoms with E-state index in [1.165, 1.54) is 18.2 Å². The molecule has 0 aromatic heterocycles. The van der Waals surface area contributed by atoms with Gasteiger partial charge in [0.1, 0.15) is 5.75 Å². The number of piperazine rings is 1. The maximum atomic E-state index is 12.6. The molecule has 7 heteroatoms. The summed E-state index contributed by atoms with van der Waals surface area (Å²) in [5, 5.41) is 0. The third-order valence-corrected chi connectivity index (χ3v) is 4.75. The van der Waals surface area contributed by atoms with E-state index in [1.54, 1.807) is 11.0 Å². The van der Waals surface area contributed by atoms with Crippen LogP contribution in [0.15, 0.2) is 54.6 Å². The summed E-state index contributed by atoms with van der Waals surface area (Å²) in [7, 11) is 0. The monoisotopic (exact) mass is 404 g/mol. The molecule has 0 aliphatic carbocycles. The molecule has 0 saturated carbocycles. The molecule has 1 aliphatic heterocycles. The highest BCUT2D eigenvalue weighted by Crippen LogP contribution is 2.30. The van der Waals surface area contributed by atoms with E-state index in [4.69, 9.17) is 4.74 Å². The predicted octanol–water partition coefficient (Wildman–Crippen LogP) is 4.47. The van der Waals surface area contributed by atoms with Gasteiger partial charge in [-0.05, 0) is 42.8 Å². The second-order valence-corrected chi connectivity index (χ2v) is 6.67. The van der Waals surface area contributed by atoms with E-state index >= 15 is 0 Å². The number of hydrogen-bond acceptors (Lipinski definition) is 3. The number of nitrogens with zero attached hydrogens (tertiary/aromatic N) is 2. The van der Waals surface area contributed by atoms with Gasteiger partial charge >= 0.3 is 6.18 Å². The molecular formula is C22H23F3N2O2. The Labute approximate surface area is 168 Å². The minimum Gasteiger partial charge on any atom is -0.492 e. The van der Waals surface area contributed by atoms with Gasteiger partial charge < -0.3 is 14.5 Å². The van der Waals surface area contributed by atoms with Crippen LogP contribution in [0.2, 0.25) is 0 Å². The topological polar surface area (TPSA) is 32.8 Å². The van der Waals surface area contributed by atoms with Gasteiger partial charge in [0.2, 0.25) is 5.91 Å². The average molecular weight is 404 g/mol. The third kappa shape index (κ3) is 5.31. The summed E-state index contributed by atoms with van der Waals surface area (Å²) in [6.07, 6.45) is -1.41. The molecule has 3 rings (SSSR count). The van der Waals surface area contributed by atoms with E-state index in [0.717, 1.165) is 23.6 Å². The Bertz CT molecular complexity index is 855. The van der Waals surface area contributed by atoms with E-state index in [1.807, 2.05) is 31.2 Å². The standard InChI is InChI=1S/C22H23F3N2O2/c1-2-29-20-6-4-3-5-19(20)26-13-15-27(16-14-26)21(28)12-9-17-7-10-18(11-8-17)22(23,24)25/h3-12H,2,13-16H2,1H3/b12-9+. The lowest BCUT2D eigenvalue weighted by Crippen LogP contribution is -2.48. The number of hydrogen-bond donors (Lipinski definition) is 0. The number of amides is 1. The first-order chi connectivity index (χ1) is 13.9. The summed E-state index contributed by atoms with van der Waals surface area (Å²) in [5.74, 6) is 0.680. The number of alkyl halides is 3. The summed E-state index contributed by atoms with van der Waals surface area (Å²) in [6, 6.07) is 12.6. The van der Waals surface area contributed by atoms with Gasteiger partial charge in [-0.2, -0.15) is 13.2 Å². The first kappa shape index (κ1) is 20.8. The van der Waals surface area contributed by atoms with Crippen LogP contribution >= 0.6 is 0 Å². The van der Waals surface area contributed by atoms with Crippen molar-refractivity contribution in [3.63, 3.8) is 0 Å². The summed E-state index contributed by atoms with van der Waals surface area (Å²) < 4.78 is 43.5. The van der Waals surface area contributed by atoms with Crippen LogP contribution in [0.1, 0.15) is 18.1 Å². The summed E-state index contributed by atoms with van der Waals surface area (Å²) >= 11 is 0. The lowest BCUT2D eigenvalue weighted by molar-refractivity contribution is -0.137. The van der Waals surface area contributed by atoms with Crippen LogP contribution < -0.4 is 9.64 Å². The molecule has 1 fully saturated rings. The maximum Gasteiger partial charge on any atom is 0.416 e. The molecular weight excluding hydrogens is 381 g/mol. The van der Waals surface area contributed by atoms with Crippen molar-refractivity contribution in [2.75, 3.05) is 37.7 Å². The minimum absolute atomic E-state index is 0.150. The fourth-order valence-corrected chi connectivity index (χ4v) is 3.22. The van der Waals surface area contributed by atoms with Gasteiger partial charge in [-0.1, -0.05) is 24.3 Å². The molecule has 1 amide bonds. The molecule has 2 aromatic carbocycles. The number of anilines is 1. The third-order valence-electron chi connectivity index (χ3n) is 4.75. The van der Waals surface area contributed by atoms with Crippen LogP contribution in [0.4, 0.5) is 18.9 Å². The zero-order valence-corrected chi connectivity index (χ0v) is 16.2. The summed E-state index contributed by atoms with van der Waals surface area (Å²) in [4.78, 5) is 16.4. The Morgan fingerprint density at radius 2 is 1.69 bits per heavy atom. The fourth-order valence-electron chi connectivity index (χ4n) is 3.22. The molecule has 1 heterocycles. The molecule has 4 nitrogen and oxygen atoms in total. The largest absolute Gasteiger partial charge is 0.492 e. The smallest absolute Gasteiger partial charge is 0.416 e. The molecule has 0 atom stereocenters. The zero-order chi connectivity index (χ0) is 20.9. The predicted molar refractivity (Wildman–Crippen MR) is 107 cm³/mol. The molecule has 0 N–H and O–H groups in total. The van der Waals surface area contributed by atoms with Gasteiger partial charge in [0.25, 0.3) is 0 Å². The van der Waals surface area contributed by atoms with Crippen molar-refractivity contribution in [3.05, 3.63) is 65.7 Å². The second kappa shape index (κ2) is 9.03. The van der Waals surface area contributed by atoms with Gasteiger partial charge in [-0.25, -0.2) is 0 Å². The Kier molecular flexibility index (Phi) is 6.46. The Morgan fingerprint density at radius 3 is 2.31 bits per heavy atom. The van der Waals surface area contributed by atoms with Crippen LogP contribution in [0, 0.1) is 0 Å². The zero-order valence-electron chi connectivity index (χ0n) is 16.2. The van der Waals surface area contributed by atoms with Crippen molar-refractivity contribution in [2.45, 2.75) is 13.1 Å². The van der Waals surface area contributed by atoms with E-state index in [9.17, 15) is 18.0 Å². The van der Waals surface area contributed by atoms with Crippen molar-refractivity contribution in [2.24, 2.45) is 0 Å². The molecule has 0 spiro atoms. The normalized spacial score (nSPS) is 15.0. The first-order valence-corrected chi connectivity index (χ1v) is 9.49. The Balaban J connectivity index is 1.57. The number of halogens is 3. The highest BCUT2D eigenvalue weighted by Gasteiger charge is 2.29. The van der Waals surface area contributed by atoms with E-state index in [2.05, 4.69) is 4.90 Å². The minimum atomic E-state index is -4.36. The van der Waals surface area contributed by atoms with Crippen LogP contribution in [-0.2, 0) is 11.0 Å². The number of para-hydroxylation sites is 2. The molecule has 0 unspecified atom stereocenters. The van der Waals surface area contributed by atoms with Crippen molar-refractivity contribution in [1.29, 1.82) is 0 Å². The molecule has 2 aromatic rings. The summed E-state index contributed by atoms with van der Waals surface area (Å²) in [5.41, 5.74) is 0.863. The maximum absolute atomic E-state index is 12.6. The number of carbonyl (C=O) groups is 1. The van der Waals surface area contributed by atoms with Crippen molar-refractivity contribution >= 4 is 17.7 Å². The lowest BCUT2D eigenvalue weighted by Gasteiger charge is -2.36. The van der Waals surface area contributed by atoms with Gasteiger partial charge in [0.15, 0.2) is 0 Å². The fraction of sp³-hybridized carbons (Fsp3) is 0.318. The molecule has 154 valence electrons. The van der Waals surface area contributed by atoms with E-state index in [-0.39, 0.29) is 5.91 Å². The molecule has 0 bridgehead atoms. The van der Waals surface area contributed by atoms with Gasteiger partial charge in [-0.3, -0.25) is 4.79 Å². The van der Waals surface area contributed by atoms with Crippen LogP contribution in [0.5, 0.6) is 5.75 Å². The van der Waals surface area contributed by atoms with Crippen molar-refractivity contribution in [3.8, 4) is 5.75 Å². The van der Waals surface area contributed by atoms with E-state index < -0.39 is 11.7 Å². The lowest BCUT2D eigenvalue weighted by atomic mass is 10.1. The Hall–Kier alpha value is -2.96. The quantitative estimate of drug-likeness (QED) is 0.690. The SMILES string of the molecule is CCOc1ccccc1N1CCN(C(=O)/C=C/c2ccc(C(F)(F)F)cc2)CC1. The number of ether oxygens (including phenoxy) is 1. The van der Waals surface area contributed by atoms with Gasteiger partial charge in [0.05, 0.1) is 17.9 Å². The summed E-state index contributed by atoms with van der Waals surface area (Å²) in [6.45, 7) is 5.03. The second-order valence-electron chi connectivity index (χ2n) is 6.67. The highest BCUT2D eigenvalue weighted by molar-refractivity contribution is 5.92. The van der Waals surface area contributed by atoms with Gasteiger partial charge in [0, 0.05) is 32.3 Å². The molecule has 1 saturated heterocycles. The number of rotatable bonds is 5. The van der Waals surface area contributed by atoms with Crippen LogP contribution in [-0.4, -0.2) is 43.6 Å². The van der Waals surface area contributed by atoms with Crippen molar-refractivity contribution < 1.29 is 22.7 Å². The Morgan fingerprint density at radius 1 is 1.03 bits per heavy atom. The number of carbonyl (C=O) groups excluding carboxylic acids is 1.